The van der Waals surface area contributed by atoms with Crippen LogP contribution in [0.1, 0.15) is 6.42 Å². The minimum atomic E-state index is 0.0609. The number of para-hydroxylation sites is 2. The van der Waals surface area contributed by atoms with E-state index in [0.29, 0.717) is 18.2 Å². The van der Waals surface area contributed by atoms with Gasteiger partial charge in [0.05, 0.1) is 11.7 Å². The first kappa shape index (κ1) is 9.66. The summed E-state index contributed by atoms with van der Waals surface area (Å²) in [5.41, 5.74) is 6.31. The lowest BCUT2D eigenvalue weighted by Crippen LogP contribution is -2.41. The lowest BCUT2D eigenvalue weighted by atomic mass is 10.1. The highest BCUT2D eigenvalue weighted by Gasteiger charge is 2.58. The third kappa shape index (κ3) is 1.16. The summed E-state index contributed by atoms with van der Waals surface area (Å²) < 4.78 is 0. The van der Waals surface area contributed by atoms with Gasteiger partial charge in [-0.2, -0.15) is 0 Å². The van der Waals surface area contributed by atoms with Crippen LogP contribution in [0.4, 0.5) is 5.69 Å². The van der Waals surface area contributed by atoms with E-state index in [0.717, 1.165) is 6.42 Å². The lowest BCUT2D eigenvalue weighted by molar-refractivity contribution is -0.118. The monoisotopic (exact) mass is 218 g/mol. The molecule has 1 aliphatic heterocycles. The fourth-order valence-electron chi connectivity index (χ4n) is 2.70. The van der Waals surface area contributed by atoms with Crippen molar-refractivity contribution in [2.45, 2.75) is 12.5 Å². The number of hydrogen-bond acceptors (Lipinski definition) is 3. The Kier molecular flexibility index (Phi) is 1.94. The number of nitrogens with two attached hydrogens (primary N) is 1. The second kappa shape index (κ2) is 3.22. The van der Waals surface area contributed by atoms with Gasteiger partial charge in [-0.25, -0.2) is 0 Å². The maximum absolute atomic E-state index is 12.0. The van der Waals surface area contributed by atoms with Crippen LogP contribution in [-0.4, -0.2) is 23.6 Å². The summed E-state index contributed by atoms with van der Waals surface area (Å²) in [5.74, 6) is 0.808. The molecule has 1 aliphatic carbocycles. The Bertz CT molecular complexity index is 446. The van der Waals surface area contributed by atoms with Crippen LogP contribution in [0.15, 0.2) is 24.3 Å². The van der Waals surface area contributed by atoms with Gasteiger partial charge >= 0.3 is 0 Å². The van der Waals surface area contributed by atoms with Crippen LogP contribution < -0.4 is 10.6 Å². The molecule has 1 saturated carbocycles. The highest BCUT2D eigenvalue weighted by atomic mass is 16.3. The Balaban J connectivity index is 2.00. The van der Waals surface area contributed by atoms with Gasteiger partial charge in [-0.05, 0) is 24.5 Å². The molecule has 0 spiro atoms. The second-order valence-corrected chi connectivity index (χ2v) is 4.51. The number of phenolic OH excluding ortho intramolecular Hbond substituents is 1. The summed E-state index contributed by atoms with van der Waals surface area (Å²) >= 11 is 0. The lowest BCUT2D eigenvalue weighted by Gasteiger charge is -2.27. The van der Waals surface area contributed by atoms with Crippen LogP contribution >= 0.6 is 0 Å². The molecule has 3 atom stereocenters. The second-order valence-electron chi connectivity index (χ2n) is 4.51. The smallest absolute Gasteiger partial charge is 0.230 e. The van der Waals surface area contributed by atoms with E-state index in [1.54, 1.807) is 23.1 Å². The van der Waals surface area contributed by atoms with E-state index in [1.807, 2.05) is 6.07 Å². The number of rotatable bonds is 2. The first-order chi connectivity index (χ1) is 7.74. The normalized spacial score (nSPS) is 31.7. The van der Waals surface area contributed by atoms with Crippen molar-refractivity contribution < 1.29 is 9.90 Å². The molecule has 4 heteroatoms. The number of hydrogen-bond donors (Lipinski definition) is 2. The number of piperidine rings is 1. The Morgan fingerprint density at radius 3 is 2.88 bits per heavy atom. The fourth-order valence-corrected chi connectivity index (χ4v) is 2.70. The van der Waals surface area contributed by atoms with Crippen molar-refractivity contribution in [3.8, 4) is 5.75 Å². The van der Waals surface area contributed by atoms with Crippen LogP contribution in [0.5, 0.6) is 5.75 Å². The molecule has 4 nitrogen and oxygen atoms in total. The summed E-state index contributed by atoms with van der Waals surface area (Å²) in [5, 5.41) is 9.77. The van der Waals surface area contributed by atoms with E-state index in [4.69, 9.17) is 5.73 Å². The van der Waals surface area contributed by atoms with Gasteiger partial charge in [-0.15, -0.1) is 0 Å². The number of carbonyl (C=O) groups is 1. The Hall–Kier alpha value is -1.55. The summed E-state index contributed by atoms with van der Waals surface area (Å²) in [6.07, 6.45) is 0.963. The van der Waals surface area contributed by atoms with Crippen molar-refractivity contribution in [1.29, 1.82) is 0 Å². The van der Waals surface area contributed by atoms with E-state index >= 15 is 0 Å². The van der Waals surface area contributed by atoms with Gasteiger partial charge < -0.3 is 15.7 Å². The predicted molar refractivity (Wildman–Crippen MR) is 60.0 cm³/mol. The number of amides is 1. The van der Waals surface area contributed by atoms with E-state index in [9.17, 15) is 9.90 Å². The van der Waals surface area contributed by atoms with Crippen molar-refractivity contribution in [1.82, 2.24) is 0 Å². The number of anilines is 1. The zero-order valence-corrected chi connectivity index (χ0v) is 8.84. The van der Waals surface area contributed by atoms with Gasteiger partial charge in [0, 0.05) is 12.5 Å². The molecule has 3 rings (SSSR count). The van der Waals surface area contributed by atoms with Crippen molar-refractivity contribution in [2.75, 3.05) is 11.4 Å². The van der Waals surface area contributed by atoms with Gasteiger partial charge in [0.1, 0.15) is 5.75 Å². The third-order valence-electron chi connectivity index (χ3n) is 3.60. The fraction of sp³-hybridized carbons (Fsp3) is 0.417. The van der Waals surface area contributed by atoms with Crippen LogP contribution in [-0.2, 0) is 4.79 Å². The highest BCUT2D eigenvalue weighted by molar-refractivity contribution is 6.01. The zero-order valence-electron chi connectivity index (χ0n) is 8.84. The number of aromatic hydroxyl groups is 1. The van der Waals surface area contributed by atoms with Gasteiger partial charge in [0.25, 0.3) is 0 Å². The molecular formula is C12H14N2O2. The molecule has 1 amide bonds. The molecule has 16 heavy (non-hydrogen) atoms. The number of phenols is 1. The summed E-state index contributed by atoms with van der Waals surface area (Å²) in [6, 6.07) is 6.99. The molecule has 0 bridgehead atoms. The van der Waals surface area contributed by atoms with E-state index in [-0.39, 0.29) is 23.6 Å². The largest absolute Gasteiger partial charge is 0.506 e. The first-order valence-electron chi connectivity index (χ1n) is 5.55. The van der Waals surface area contributed by atoms with Gasteiger partial charge in [0.15, 0.2) is 0 Å². The van der Waals surface area contributed by atoms with Gasteiger partial charge in [-0.1, -0.05) is 12.1 Å². The third-order valence-corrected chi connectivity index (χ3v) is 3.60. The van der Waals surface area contributed by atoms with Gasteiger partial charge in [0.2, 0.25) is 5.91 Å². The summed E-state index contributed by atoms with van der Waals surface area (Å²) in [7, 11) is 0. The number of nitrogens with zero attached hydrogens (tertiary/aromatic N) is 1. The molecule has 1 aromatic rings. The maximum atomic E-state index is 12.0. The summed E-state index contributed by atoms with van der Waals surface area (Å²) in [4.78, 5) is 13.7. The van der Waals surface area contributed by atoms with Gasteiger partial charge in [-0.3, -0.25) is 4.79 Å². The molecule has 84 valence electrons. The van der Waals surface area contributed by atoms with E-state index in [2.05, 4.69) is 0 Å². The van der Waals surface area contributed by atoms with Crippen LogP contribution in [0, 0.1) is 11.8 Å². The van der Waals surface area contributed by atoms with E-state index in [1.165, 1.54) is 0 Å². The molecule has 3 unspecified atom stereocenters. The Morgan fingerprint density at radius 2 is 2.19 bits per heavy atom. The molecule has 1 heterocycles. The Labute approximate surface area is 93.7 Å². The highest BCUT2D eigenvalue weighted by Crippen LogP contribution is 2.52. The Morgan fingerprint density at radius 1 is 1.44 bits per heavy atom. The topological polar surface area (TPSA) is 66.6 Å². The molecule has 3 N–H and O–H groups in total. The SMILES string of the molecule is NCC1C2CC2C(=O)N1c1ccccc1O. The number of benzene rings is 1. The molecule has 0 radical (unpaired) electrons. The number of carbonyl (C=O) groups excluding carboxylic acids is 1. The molecular weight excluding hydrogens is 204 g/mol. The average molecular weight is 218 g/mol. The van der Waals surface area contributed by atoms with Crippen molar-refractivity contribution in [3.05, 3.63) is 24.3 Å². The average Bonchev–Trinajstić information content (AvgIpc) is 3.01. The molecule has 2 fully saturated rings. The molecule has 2 aliphatic rings. The number of fused-ring (bicyclic) bond motifs is 1. The maximum Gasteiger partial charge on any atom is 0.230 e. The van der Waals surface area contributed by atoms with Crippen molar-refractivity contribution in [3.63, 3.8) is 0 Å². The van der Waals surface area contributed by atoms with Crippen LogP contribution in [0.2, 0.25) is 0 Å². The van der Waals surface area contributed by atoms with Crippen LogP contribution in [0.25, 0.3) is 0 Å². The van der Waals surface area contributed by atoms with E-state index < -0.39 is 0 Å². The summed E-state index contributed by atoms with van der Waals surface area (Å²) in [6.45, 7) is 0.460. The predicted octanol–water partition coefficient (Wildman–Crippen LogP) is 0.702. The van der Waals surface area contributed by atoms with Crippen molar-refractivity contribution in [2.24, 2.45) is 17.6 Å². The van der Waals surface area contributed by atoms with Crippen molar-refractivity contribution >= 4 is 11.6 Å². The minimum Gasteiger partial charge on any atom is -0.506 e. The van der Waals surface area contributed by atoms with Crippen LogP contribution in [0.3, 0.4) is 0 Å². The minimum absolute atomic E-state index is 0.0609. The molecule has 1 saturated heterocycles. The first-order valence-corrected chi connectivity index (χ1v) is 5.55. The molecule has 1 aromatic carbocycles. The standard InChI is InChI=1S/C12H14N2O2/c13-6-10-7-5-8(7)12(16)14(10)9-3-1-2-4-11(9)15/h1-4,7-8,10,15H,5-6,13H2. The zero-order chi connectivity index (χ0) is 11.3. The molecule has 0 aromatic heterocycles. The quantitative estimate of drug-likeness (QED) is 0.768.